The maximum Gasteiger partial charge on any atom is 0.227 e. The summed E-state index contributed by atoms with van der Waals surface area (Å²) < 4.78 is 0. The molecule has 0 bridgehead atoms. The smallest absolute Gasteiger partial charge is 0.227 e. The molecule has 0 radical (unpaired) electrons. The fraction of sp³-hybridized carbons (Fsp3) is 0.471. The lowest BCUT2D eigenvalue weighted by molar-refractivity contribution is -0.131. The third-order valence-electron chi connectivity index (χ3n) is 4.38. The van der Waals surface area contributed by atoms with E-state index in [1.54, 1.807) is 6.92 Å². The average molecular weight is 321 g/mol. The molecule has 5 heteroatoms. The van der Waals surface area contributed by atoms with E-state index in [0.717, 1.165) is 35.9 Å². The van der Waals surface area contributed by atoms with E-state index in [2.05, 4.69) is 4.98 Å². The van der Waals surface area contributed by atoms with Crippen molar-refractivity contribution in [2.24, 2.45) is 0 Å². The first-order valence-electron chi connectivity index (χ1n) is 7.77. The number of aromatic amines is 1. The Morgan fingerprint density at radius 1 is 1.55 bits per heavy atom. The highest BCUT2D eigenvalue weighted by atomic mass is 35.5. The molecule has 0 saturated carbocycles. The first kappa shape index (κ1) is 15.4. The number of H-pyrrole nitrogens is 1. The molecule has 0 spiro atoms. The molecule has 1 saturated heterocycles. The molecule has 3 rings (SSSR count). The van der Waals surface area contributed by atoms with E-state index in [9.17, 15) is 9.90 Å². The Balaban J connectivity index is 1.76. The Kier molecular flexibility index (Phi) is 4.41. The summed E-state index contributed by atoms with van der Waals surface area (Å²) >= 11 is 6.05. The van der Waals surface area contributed by atoms with Gasteiger partial charge in [0.2, 0.25) is 5.91 Å². The zero-order valence-electron chi connectivity index (χ0n) is 12.7. The van der Waals surface area contributed by atoms with Gasteiger partial charge in [0.05, 0.1) is 12.5 Å². The highest BCUT2D eigenvalue weighted by molar-refractivity contribution is 6.31. The highest BCUT2D eigenvalue weighted by Crippen LogP contribution is 2.26. The van der Waals surface area contributed by atoms with Gasteiger partial charge in [-0.15, -0.1) is 0 Å². The number of amides is 1. The Morgan fingerprint density at radius 3 is 3.14 bits per heavy atom. The van der Waals surface area contributed by atoms with E-state index >= 15 is 0 Å². The summed E-state index contributed by atoms with van der Waals surface area (Å²) in [5.41, 5.74) is 1.97. The predicted molar refractivity (Wildman–Crippen MR) is 88.0 cm³/mol. The number of carbonyl (C=O) groups excluding carboxylic acids is 1. The number of aliphatic hydroxyl groups is 1. The Labute approximate surface area is 135 Å². The number of rotatable bonds is 4. The molecule has 2 atom stereocenters. The summed E-state index contributed by atoms with van der Waals surface area (Å²) in [5, 5.41) is 11.3. The Hall–Kier alpha value is -1.52. The lowest BCUT2D eigenvalue weighted by Crippen LogP contribution is -2.38. The first-order valence-corrected chi connectivity index (χ1v) is 8.15. The number of fused-ring (bicyclic) bond motifs is 1. The number of aliphatic hydroxyl groups excluding tert-OH is 1. The van der Waals surface area contributed by atoms with Crippen molar-refractivity contribution in [3.05, 3.63) is 35.0 Å². The fourth-order valence-corrected chi connectivity index (χ4v) is 3.54. The normalized spacial score (nSPS) is 19.8. The van der Waals surface area contributed by atoms with Gasteiger partial charge < -0.3 is 15.0 Å². The molecule has 118 valence electrons. The molecule has 22 heavy (non-hydrogen) atoms. The van der Waals surface area contributed by atoms with Gasteiger partial charge in [-0.3, -0.25) is 4.79 Å². The largest absolute Gasteiger partial charge is 0.393 e. The third kappa shape index (κ3) is 3.13. The van der Waals surface area contributed by atoms with Crippen LogP contribution in [0.15, 0.2) is 24.4 Å². The minimum Gasteiger partial charge on any atom is -0.393 e. The second kappa shape index (κ2) is 6.31. The second-order valence-corrected chi connectivity index (χ2v) is 6.58. The van der Waals surface area contributed by atoms with Crippen molar-refractivity contribution in [3.8, 4) is 0 Å². The standard InChI is InChI=1S/C17H21ClN2O2/c1-11(21)7-14-3-2-6-20(14)17(22)8-12-10-19-16-5-4-13(18)9-15(12)16/h4-5,9-11,14,19,21H,2-3,6-8H2,1H3. The molecule has 1 aliphatic rings. The lowest BCUT2D eigenvalue weighted by Gasteiger charge is -2.25. The van der Waals surface area contributed by atoms with Crippen LogP contribution in [0.25, 0.3) is 10.9 Å². The molecule has 1 amide bonds. The van der Waals surface area contributed by atoms with Gasteiger partial charge in [-0.2, -0.15) is 0 Å². The van der Waals surface area contributed by atoms with Crippen LogP contribution in [0.2, 0.25) is 5.02 Å². The maximum absolute atomic E-state index is 12.6. The lowest BCUT2D eigenvalue weighted by atomic mass is 10.1. The number of benzene rings is 1. The predicted octanol–water partition coefficient (Wildman–Crippen LogP) is 3.13. The van der Waals surface area contributed by atoms with E-state index < -0.39 is 0 Å². The summed E-state index contributed by atoms with van der Waals surface area (Å²) in [6, 6.07) is 5.83. The van der Waals surface area contributed by atoms with E-state index in [-0.39, 0.29) is 18.1 Å². The molecule has 0 aliphatic carbocycles. The summed E-state index contributed by atoms with van der Waals surface area (Å²) in [6.45, 7) is 2.57. The zero-order valence-corrected chi connectivity index (χ0v) is 13.4. The van der Waals surface area contributed by atoms with Crippen molar-refractivity contribution in [1.29, 1.82) is 0 Å². The van der Waals surface area contributed by atoms with E-state index in [1.807, 2.05) is 29.3 Å². The quantitative estimate of drug-likeness (QED) is 0.909. The summed E-state index contributed by atoms with van der Waals surface area (Å²) in [7, 11) is 0. The average Bonchev–Trinajstić information content (AvgIpc) is 3.05. The van der Waals surface area contributed by atoms with E-state index in [4.69, 9.17) is 11.6 Å². The Morgan fingerprint density at radius 2 is 2.36 bits per heavy atom. The van der Waals surface area contributed by atoms with Crippen molar-refractivity contribution < 1.29 is 9.90 Å². The fourth-order valence-electron chi connectivity index (χ4n) is 3.36. The summed E-state index contributed by atoms with van der Waals surface area (Å²) in [4.78, 5) is 17.7. The van der Waals surface area contributed by atoms with Gasteiger partial charge in [-0.1, -0.05) is 11.6 Å². The molecule has 2 heterocycles. The number of nitrogens with one attached hydrogen (secondary N) is 1. The number of hydrogen-bond donors (Lipinski definition) is 2. The van der Waals surface area contributed by atoms with Crippen LogP contribution in [0.4, 0.5) is 0 Å². The number of halogens is 1. The number of hydrogen-bond acceptors (Lipinski definition) is 2. The Bertz CT molecular complexity index is 680. The zero-order chi connectivity index (χ0) is 15.7. The molecule has 1 aromatic carbocycles. The van der Waals surface area contributed by atoms with Crippen LogP contribution >= 0.6 is 11.6 Å². The molecule has 2 unspecified atom stereocenters. The molecular formula is C17H21ClN2O2. The van der Waals surface area contributed by atoms with Crippen LogP contribution in [-0.4, -0.2) is 39.6 Å². The SMILES string of the molecule is CC(O)CC1CCCN1C(=O)Cc1c[nH]c2ccc(Cl)cc12. The maximum atomic E-state index is 12.6. The minimum atomic E-state index is -0.370. The van der Waals surface area contributed by atoms with E-state index in [0.29, 0.717) is 17.9 Å². The van der Waals surface area contributed by atoms with Gasteiger partial charge in [0, 0.05) is 34.7 Å². The van der Waals surface area contributed by atoms with Crippen LogP contribution in [0.3, 0.4) is 0 Å². The van der Waals surface area contributed by atoms with Crippen molar-refractivity contribution in [2.75, 3.05) is 6.54 Å². The number of carbonyl (C=O) groups is 1. The van der Waals surface area contributed by atoms with Crippen molar-refractivity contribution in [1.82, 2.24) is 9.88 Å². The van der Waals surface area contributed by atoms with Gasteiger partial charge in [-0.05, 0) is 49.9 Å². The van der Waals surface area contributed by atoms with Gasteiger partial charge in [0.1, 0.15) is 0 Å². The third-order valence-corrected chi connectivity index (χ3v) is 4.62. The van der Waals surface area contributed by atoms with Crippen LogP contribution in [-0.2, 0) is 11.2 Å². The summed E-state index contributed by atoms with van der Waals surface area (Å²) in [6.07, 6.45) is 4.55. The molecule has 2 N–H and O–H groups in total. The van der Waals surface area contributed by atoms with Gasteiger partial charge in [-0.25, -0.2) is 0 Å². The van der Waals surface area contributed by atoms with Crippen LogP contribution in [0.5, 0.6) is 0 Å². The second-order valence-electron chi connectivity index (χ2n) is 6.15. The number of nitrogens with zero attached hydrogens (tertiary/aromatic N) is 1. The van der Waals surface area contributed by atoms with Gasteiger partial charge in [0.25, 0.3) is 0 Å². The van der Waals surface area contributed by atoms with Crippen LogP contribution < -0.4 is 0 Å². The molecule has 1 aliphatic heterocycles. The number of likely N-dealkylation sites (tertiary alicyclic amines) is 1. The van der Waals surface area contributed by atoms with Gasteiger partial charge in [0.15, 0.2) is 0 Å². The minimum absolute atomic E-state index is 0.129. The molecule has 1 fully saturated rings. The highest BCUT2D eigenvalue weighted by Gasteiger charge is 2.29. The monoisotopic (exact) mass is 320 g/mol. The van der Waals surface area contributed by atoms with Crippen molar-refractivity contribution in [3.63, 3.8) is 0 Å². The van der Waals surface area contributed by atoms with Gasteiger partial charge >= 0.3 is 0 Å². The van der Waals surface area contributed by atoms with E-state index in [1.165, 1.54) is 0 Å². The van der Waals surface area contributed by atoms with Crippen molar-refractivity contribution >= 4 is 28.4 Å². The molecule has 4 nitrogen and oxygen atoms in total. The van der Waals surface area contributed by atoms with Crippen LogP contribution in [0.1, 0.15) is 31.7 Å². The van der Waals surface area contributed by atoms with Crippen LogP contribution in [0, 0.1) is 0 Å². The first-order chi connectivity index (χ1) is 10.5. The van der Waals surface area contributed by atoms with Crippen molar-refractivity contribution in [2.45, 2.75) is 44.8 Å². The number of aromatic nitrogens is 1. The molecule has 2 aromatic rings. The molecule has 1 aromatic heterocycles. The summed E-state index contributed by atoms with van der Waals surface area (Å²) in [5.74, 6) is 0.129. The topological polar surface area (TPSA) is 56.3 Å². The molecular weight excluding hydrogens is 300 g/mol.